The Morgan fingerprint density at radius 2 is 0.465 bits per heavy atom. The van der Waals surface area contributed by atoms with Crippen LogP contribution < -0.4 is 0 Å². The first-order valence-electron chi connectivity index (χ1n) is 37.2. The smallest absolute Gasteiger partial charge is 0.145 e. The summed E-state index contributed by atoms with van der Waals surface area (Å²) in [5, 5.41) is 6.96. The van der Waals surface area contributed by atoms with E-state index in [1.165, 1.54) is 21.7 Å². The van der Waals surface area contributed by atoms with E-state index in [9.17, 15) is 0 Å². The molecule has 0 unspecified atom stereocenters. The zero-order valence-electron chi connectivity index (χ0n) is 60.9. The summed E-state index contributed by atoms with van der Waals surface area (Å²) in [4.78, 5) is 42.4. The van der Waals surface area contributed by atoms with Crippen molar-refractivity contribution in [3.8, 4) is 118 Å². The highest BCUT2D eigenvalue weighted by Gasteiger charge is 2.20. The van der Waals surface area contributed by atoms with Crippen molar-refractivity contribution in [2.24, 2.45) is 0 Å². The van der Waals surface area contributed by atoms with Gasteiger partial charge in [-0.05, 0) is 234 Å². The molecule has 12 nitrogen and oxygen atoms in total. The Balaban J connectivity index is 0.000000115. The molecule has 21 rings (SSSR count). The summed E-state index contributed by atoms with van der Waals surface area (Å²) in [7, 11) is 0. The topological polar surface area (TPSA) is 131 Å². The number of hydrogen-bond donors (Lipinski definition) is 0. The highest BCUT2D eigenvalue weighted by atomic mass is 79.9. The summed E-state index contributed by atoms with van der Waals surface area (Å²) in [5.74, 6) is 0. The van der Waals surface area contributed by atoms with E-state index < -0.39 is 0 Å². The number of benzene rings is 9. The Labute approximate surface area is 681 Å². The standard InChI is InChI=1S/C34H22BrN3.C33H21BrN4.C32H20BrN5/c35-27-15-18-29-30-12-7-19-36-34(30)38(33(29)22-27)28-16-13-25(14-17-28)32-21-26(23-8-3-1-4-9-23)20-31(37-32)24-10-5-2-6-11-24;34-26-11-14-28-29-6-5-17-37-33(29)38(32(28)21-26)27-12-9-22(10-13-27)23-18-24(30-7-1-3-15-35-30)20-25(19-23)31-8-2-4-16-36-31;33-23-11-14-25-26-6-5-17-36-32(26)38(31(25)20-23)24-12-9-21(10-13-24)22-18-29(27-7-1-3-15-34-27)37-30(19-22)28-8-2-4-16-35-28/h1-22H;1-21H;1-20H. The molecule has 0 atom stereocenters. The van der Waals surface area contributed by atoms with Crippen molar-refractivity contribution in [1.29, 1.82) is 0 Å². The Morgan fingerprint density at radius 3 is 0.833 bits per heavy atom. The summed E-state index contributed by atoms with van der Waals surface area (Å²) in [6.07, 6.45) is 12.8. The van der Waals surface area contributed by atoms with Crippen LogP contribution >= 0.6 is 47.8 Å². The van der Waals surface area contributed by atoms with E-state index in [2.05, 4.69) is 318 Å². The molecule has 0 aliphatic carbocycles. The third-order valence-corrected chi connectivity index (χ3v) is 21.8. The lowest BCUT2D eigenvalue weighted by Crippen LogP contribution is -1.96. The monoisotopic (exact) mass is 1660 g/mol. The molecule has 0 saturated carbocycles. The van der Waals surface area contributed by atoms with E-state index in [0.29, 0.717) is 0 Å². The molecular weight excluding hydrogens is 1600 g/mol. The molecule has 21 aromatic rings. The number of rotatable bonds is 12. The first kappa shape index (κ1) is 70.5. The van der Waals surface area contributed by atoms with Gasteiger partial charge in [0.05, 0.1) is 62.1 Å². The first-order valence-corrected chi connectivity index (χ1v) is 39.5. The SMILES string of the molecule is Brc1ccc2c3cccnc3n(-c3ccc(-c4cc(-c5ccccc5)cc(-c5ccccc5)n4)cc3)c2c1.Brc1ccc2c3cccnc3n(-c3ccc(-c4cc(-c5ccccn5)cc(-c5ccccn5)c4)cc3)c2c1.Brc1ccc2c3cccnc3n(-c3ccc(-c4cc(-c5ccccn5)nc(-c5ccccn5)c4)cc3)c2c1. The fraction of sp³-hybridized carbons (Fsp3) is 0. The molecule has 0 spiro atoms. The van der Waals surface area contributed by atoms with Crippen LogP contribution in [0.3, 0.4) is 0 Å². The minimum absolute atomic E-state index is 0.810. The van der Waals surface area contributed by atoms with Crippen LogP contribution in [0.1, 0.15) is 0 Å². The van der Waals surface area contributed by atoms with Gasteiger partial charge in [0.15, 0.2) is 0 Å². The Morgan fingerprint density at radius 1 is 0.175 bits per heavy atom. The van der Waals surface area contributed by atoms with E-state index in [0.717, 1.165) is 176 Å². The van der Waals surface area contributed by atoms with Gasteiger partial charge in [0.1, 0.15) is 16.9 Å². The van der Waals surface area contributed by atoms with Crippen LogP contribution in [-0.2, 0) is 0 Å². The van der Waals surface area contributed by atoms with Gasteiger partial charge in [-0.1, -0.05) is 187 Å². The highest BCUT2D eigenvalue weighted by molar-refractivity contribution is 9.11. The molecule has 15 heteroatoms. The summed E-state index contributed by atoms with van der Waals surface area (Å²) < 4.78 is 9.78. The van der Waals surface area contributed by atoms with Gasteiger partial charge in [0, 0.05) is 128 Å². The van der Waals surface area contributed by atoms with Crippen LogP contribution in [0.15, 0.2) is 397 Å². The normalized spacial score (nSPS) is 11.3. The van der Waals surface area contributed by atoms with Crippen molar-refractivity contribution in [3.05, 3.63) is 397 Å². The zero-order valence-corrected chi connectivity index (χ0v) is 65.6. The molecule has 0 saturated heterocycles. The molecule has 0 fully saturated rings. The van der Waals surface area contributed by atoms with Gasteiger partial charge in [-0.3, -0.25) is 33.6 Å². The van der Waals surface area contributed by atoms with E-state index >= 15 is 0 Å². The number of nitrogens with zero attached hydrogens (tertiary/aromatic N) is 12. The van der Waals surface area contributed by atoms with Crippen LogP contribution in [0.2, 0.25) is 0 Å². The lowest BCUT2D eigenvalue weighted by molar-refractivity contribution is 1.13. The van der Waals surface area contributed by atoms with Gasteiger partial charge in [-0.25, -0.2) is 24.9 Å². The quantitative estimate of drug-likeness (QED) is 0.117. The van der Waals surface area contributed by atoms with Crippen molar-refractivity contribution < 1.29 is 0 Å². The van der Waals surface area contributed by atoms with Crippen LogP contribution in [0.25, 0.3) is 184 Å². The van der Waals surface area contributed by atoms with Gasteiger partial charge in [0.2, 0.25) is 0 Å². The fourth-order valence-corrected chi connectivity index (χ4v) is 16.0. The molecule has 0 amide bonds. The Bertz CT molecular complexity index is 6240. The van der Waals surface area contributed by atoms with E-state index in [1.54, 1.807) is 12.4 Å². The zero-order chi connectivity index (χ0) is 76.4. The third kappa shape index (κ3) is 14.1. The summed E-state index contributed by atoms with van der Waals surface area (Å²) in [6, 6.07) is 117. The van der Waals surface area contributed by atoms with Crippen LogP contribution in [0.4, 0.5) is 0 Å². The maximum Gasteiger partial charge on any atom is 0.145 e. The highest BCUT2D eigenvalue weighted by Crippen LogP contribution is 2.40. The van der Waals surface area contributed by atoms with Gasteiger partial charge >= 0.3 is 0 Å². The minimum Gasteiger partial charge on any atom is -0.294 e. The molecule has 0 N–H and O–H groups in total. The molecule has 12 heterocycles. The second-order valence-corrected chi connectivity index (χ2v) is 30.1. The summed E-state index contributed by atoms with van der Waals surface area (Å²) in [6.45, 7) is 0. The van der Waals surface area contributed by atoms with Crippen molar-refractivity contribution in [2.75, 3.05) is 0 Å². The van der Waals surface area contributed by atoms with Gasteiger partial charge < -0.3 is 0 Å². The molecule has 0 aliphatic rings. The lowest BCUT2D eigenvalue weighted by atomic mass is 9.96. The van der Waals surface area contributed by atoms with E-state index in [1.807, 2.05) is 134 Å². The van der Waals surface area contributed by atoms with Crippen LogP contribution in [0.5, 0.6) is 0 Å². The predicted molar refractivity (Wildman–Crippen MR) is 475 cm³/mol. The summed E-state index contributed by atoms with van der Waals surface area (Å²) >= 11 is 10.9. The van der Waals surface area contributed by atoms with Gasteiger partial charge in [-0.2, -0.15) is 0 Å². The maximum atomic E-state index is 5.08. The van der Waals surface area contributed by atoms with E-state index in [-0.39, 0.29) is 0 Å². The molecular formula is C99H63Br3N12. The minimum atomic E-state index is 0.810. The summed E-state index contributed by atoms with van der Waals surface area (Å²) in [5.41, 5.74) is 27.4. The number of halogens is 3. The number of pyridine rings is 9. The second-order valence-electron chi connectivity index (χ2n) is 27.4. The molecule has 114 heavy (non-hydrogen) atoms. The molecule has 0 bridgehead atoms. The lowest BCUT2D eigenvalue weighted by Gasteiger charge is -2.12. The largest absolute Gasteiger partial charge is 0.294 e. The van der Waals surface area contributed by atoms with Crippen molar-refractivity contribution in [2.45, 2.75) is 0 Å². The first-order chi connectivity index (χ1) is 56.2. The molecule has 0 radical (unpaired) electrons. The number of aromatic nitrogens is 12. The molecule has 0 aliphatic heterocycles. The molecule has 12 aromatic heterocycles. The van der Waals surface area contributed by atoms with Gasteiger partial charge in [-0.15, -0.1) is 0 Å². The van der Waals surface area contributed by atoms with Gasteiger partial charge in [0.25, 0.3) is 0 Å². The van der Waals surface area contributed by atoms with Crippen molar-refractivity contribution in [1.82, 2.24) is 58.6 Å². The van der Waals surface area contributed by atoms with E-state index in [4.69, 9.17) is 24.9 Å². The Kier molecular flexibility index (Phi) is 19.3. The number of fused-ring (bicyclic) bond motifs is 9. The number of hydrogen-bond acceptors (Lipinski definition) is 9. The Hall–Kier alpha value is -13.8. The van der Waals surface area contributed by atoms with Crippen molar-refractivity contribution in [3.63, 3.8) is 0 Å². The predicted octanol–water partition coefficient (Wildman–Crippen LogP) is 26.2. The molecule has 540 valence electrons. The maximum absolute atomic E-state index is 5.08. The van der Waals surface area contributed by atoms with Crippen molar-refractivity contribution >= 4 is 114 Å². The average molecular weight is 1660 g/mol. The van der Waals surface area contributed by atoms with Crippen LogP contribution in [-0.4, -0.2) is 58.6 Å². The third-order valence-electron chi connectivity index (χ3n) is 20.3. The molecule has 9 aromatic carbocycles. The average Bonchev–Trinajstić information content (AvgIpc) is 1.60. The van der Waals surface area contributed by atoms with Crippen LogP contribution in [0, 0.1) is 0 Å². The second kappa shape index (κ2) is 31.1. The fourth-order valence-electron chi connectivity index (χ4n) is 15.0.